The van der Waals surface area contributed by atoms with Crippen LogP contribution in [0.5, 0.6) is 0 Å². The number of halogens is 1. The van der Waals surface area contributed by atoms with E-state index in [1.54, 1.807) is 0 Å². The molecule has 0 saturated heterocycles. The van der Waals surface area contributed by atoms with Crippen molar-refractivity contribution in [1.82, 2.24) is 0 Å². The van der Waals surface area contributed by atoms with Crippen molar-refractivity contribution in [2.75, 3.05) is 4.90 Å². The van der Waals surface area contributed by atoms with E-state index in [1.165, 1.54) is 0 Å². The van der Waals surface area contributed by atoms with Gasteiger partial charge in [0, 0.05) is 17.1 Å². The van der Waals surface area contributed by atoms with E-state index in [2.05, 4.69) is 9.98 Å². The highest BCUT2D eigenvalue weighted by Gasteiger charge is 2.26. The van der Waals surface area contributed by atoms with Crippen LogP contribution in [-0.4, -0.2) is 18.1 Å². The van der Waals surface area contributed by atoms with Gasteiger partial charge in [0.1, 0.15) is 6.17 Å². The van der Waals surface area contributed by atoms with Crippen molar-refractivity contribution < 1.29 is 0 Å². The summed E-state index contributed by atoms with van der Waals surface area (Å²) in [4.78, 5) is 10.3. The molecule has 2 aromatic rings. The number of hydrogen-bond acceptors (Lipinski definition) is 5. The van der Waals surface area contributed by atoms with E-state index in [0.717, 1.165) is 11.3 Å². The summed E-state index contributed by atoms with van der Waals surface area (Å²) in [6, 6.07) is 17.5. The Labute approximate surface area is 133 Å². The molecule has 22 heavy (non-hydrogen) atoms. The molecule has 4 N–H and O–H groups in total. The maximum Gasteiger partial charge on any atom is 0.220 e. The van der Waals surface area contributed by atoms with Crippen LogP contribution in [0.15, 0.2) is 64.6 Å². The standard InChI is InChI=1S/C16H16ClN5/c17-12-7-4-8-13(10-12)22-14(20-15(18)21-16(22)19)9-11-5-2-1-3-6-11/h1-8,10,14H,9H2,(H4,18,19,20,21). The van der Waals surface area contributed by atoms with Gasteiger partial charge < -0.3 is 11.5 Å². The first-order chi connectivity index (χ1) is 10.6. The number of hydrogen-bond donors (Lipinski definition) is 2. The molecule has 0 radical (unpaired) electrons. The van der Waals surface area contributed by atoms with Crippen LogP contribution in [0, 0.1) is 0 Å². The van der Waals surface area contributed by atoms with Gasteiger partial charge in [0.2, 0.25) is 11.9 Å². The molecule has 0 aliphatic carbocycles. The van der Waals surface area contributed by atoms with Gasteiger partial charge in [0.05, 0.1) is 0 Å². The molecule has 1 unspecified atom stereocenters. The maximum atomic E-state index is 6.08. The molecule has 0 bridgehead atoms. The fraction of sp³-hybridized carbons (Fsp3) is 0.125. The average Bonchev–Trinajstić information content (AvgIpc) is 2.47. The lowest BCUT2D eigenvalue weighted by molar-refractivity contribution is 0.679. The molecule has 1 atom stereocenters. The third kappa shape index (κ3) is 3.04. The minimum absolute atomic E-state index is 0.191. The number of nitrogens with zero attached hydrogens (tertiary/aromatic N) is 3. The molecule has 1 heterocycles. The van der Waals surface area contributed by atoms with Crippen LogP contribution in [0.3, 0.4) is 0 Å². The molecule has 5 nitrogen and oxygen atoms in total. The second kappa shape index (κ2) is 6.07. The summed E-state index contributed by atoms with van der Waals surface area (Å²) in [6.45, 7) is 0. The molecule has 1 aliphatic heterocycles. The number of benzene rings is 2. The summed E-state index contributed by atoms with van der Waals surface area (Å²) >= 11 is 6.08. The Morgan fingerprint density at radius 3 is 2.55 bits per heavy atom. The lowest BCUT2D eigenvalue weighted by Crippen LogP contribution is -2.49. The first-order valence-corrected chi connectivity index (χ1v) is 7.27. The largest absolute Gasteiger partial charge is 0.369 e. The molecule has 2 aromatic carbocycles. The Morgan fingerprint density at radius 1 is 1.05 bits per heavy atom. The first-order valence-electron chi connectivity index (χ1n) is 6.89. The van der Waals surface area contributed by atoms with E-state index >= 15 is 0 Å². The summed E-state index contributed by atoms with van der Waals surface area (Å²) < 4.78 is 0. The predicted molar refractivity (Wildman–Crippen MR) is 91.1 cm³/mol. The van der Waals surface area contributed by atoms with E-state index in [0.29, 0.717) is 17.4 Å². The lowest BCUT2D eigenvalue weighted by Gasteiger charge is -2.32. The molecule has 0 spiro atoms. The van der Waals surface area contributed by atoms with Gasteiger partial charge in [-0.15, -0.1) is 0 Å². The highest BCUT2D eigenvalue weighted by molar-refractivity contribution is 6.31. The molecule has 0 aromatic heterocycles. The highest BCUT2D eigenvalue weighted by Crippen LogP contribution is 2.25. The van der Waals surface area contributed by atoms with E-state index < -0.39 is 0 Å². The molecule has 0 amide bonds. The quantitative estimate of drug-likeness (QED) is 0.913. The smallest absolute Gasteiger partial charge is 0.220 e. The van der Waals surface area contributed by atoms with Gasteiger partial charge in [-0.25, -0.2) is 4.99 Å². The third-order valence-corrected chi connectivity index (χ3v) is 3.64. The van der Waals surface area contributed by atoms with Gasteiger partial charge in [-0.1, -0.05) is 48.0 Å². The van der Waals surface area contributed by atoms with Gasteiger partial charge in [0.25, 0.3) is 0 Å². The first kappa shape index (κ1) is 14.4. The molecule has 112 valence electrons. The van der Waals surface area contributed by atoms with Crippen molar-refractivity contribution in [3.63, 3.8) is 0 Å². The molecule has 3 rings (SSSR count). The van der Waals surface area contributed by atoms with Gasteiger partial charge in [-0.3, -0.25) is 4.90 Å². The van der Waals surface area contributed by atoms with Crippen molar-refractivity contribution in [2.24, 2.45) is 21.5 Å². The third-order valence-electron chi connectivity index (χ3n) is 3.40. The van der Waals surface area contributed by atoms with Crippen LogP contribution in [0.25, 0.3) is 0 Å². The van der Waals surface area contributed by atoms with Crippen molar-refractivity contribution in [1.29, 1.82) is 0 Å². The number of rotatable bonds is 3. The van der Waals surface area contributed by atoms with E-state index in [9.17, 15) is 0 Å². The zero-order valence-corrected chi connectivity index (χ0v) is 12.6. The summed E-state index contributed by atoms with van der Waals surface area (Å²) in [5.74, 6) is 0.507. The predicted octanol–water partition coefficient (Wildman–Crippen LogP) is 2.36. The number of guanidine groups is 2. The zero-order chi connectivity index (χ0) is 15.5. The topological polar surface area (TPSA) is 80.0 Å². The Hall–Kier alpha value is -2.53. The van der Waals surface area contributed by atoms with Crippen LogP contribution >= 0.6 is 11.6 Å². The normalized spacial score (nSPS) is 17.9. The van der Waals surface area contributed by atoms with Gasteiger partial charge in [0.15, 0.2) is 0 Å². The zero-order valence-electron chi connectivity index (χ0n) is 11.9. The minimum atomic E-state index is -0.252. The fourth-order valence-electron chi connectivity index (χ4n) is 2.46. The lowest BCUT2D eigenvalue weighted by atomic mass is 10.1. The molecule has 1 aliphatic rings. The molecule has 0 saturated carbocycles. The van der Waals surface area contributed by atoms with Crippen molar-refractivity contribution in [2.45, 2.75) is 12.6 Å². The Balaban J connectivity index is 1.96. The molecule has 6 heteroatoms. The van der Waals surface area contributed by atoms with E-state index in [1.807, 2.05) is 59.5 Å². The molecular formula is C16H16ClN5. The van der Waals surface area contributed by atoms with Gasteiger partial charge >= 0.3 is 0 Å². The Morgan fingerprint density at radius 2 is 1.82 bits per heavy atom. The van der Waals surface area contributed by atoms with Crippen LogP contribution in [0.2, 0.25) is 5.02 Å². The Bertz CT molecular complexity index is 726. The monoisotopic (exact) mass is 313 g/mol. The number of nitrogens with two attached hydrogens (primary N) is 2. The van der Waals surface area contributed by atoms with Crippen molar-refractivity contribution in [3.05, 3.63) is 65.2 Å². The minimum Gasteiger partial charge on any atom is -0.369 e. The van der Waals surface area contributed by atoms with Crippen molar-refractivity contribution in [3.8, 4) is 0 Å². The molecule has 0 fully saturated rings. The van der Waals surface area contributed by atoms with Crippen LogP contribution in [-0.2, 0) is 6.42 Å². The SMILES string of the molecule is NC1=NC(Cc2ccccc2)N(c2cccc(Cl)c2)C(N)=N1. The number of aliphatic imine (C=N–C) groups is 2. The van der Waals surface area contributed by atoms with Gasteiger partial charge in [-0.2, -0.15) is 4.99 Å². The summed E-state index contributed by atoms with van der Waals surface area (Å²) in [5, 5.41) is 0.631. The summed E-state index contributed by atoms with van der Waals surface area (Å²) in [7, 11) is 0. The van der Waals surface area contributed by atoms with Crippen LogP contribution < -0.4 is 16.4 Å². The molecular weight excluding hydrogens is 298 g/mol. The Kier molecular flexibility index (Phi) is 3.98. The highest BCUT2D eigenvalue weighted by atomic mass is 35.5. The number of anilines is 1. The summed E-state index contributed by atoms with van der Waals surface area (Å²) in [6.07, 6.45) is 0.419. The van der Waals surface area contributed by atoms with Crippen molar-refractivity contribution >= 4 is 29.2 Å². The van der Waals surface area contributed by atoms with Crippen LogP contribution in [0.1, 0.15) is 5.56 Å². The average molecular weight is 314 g/mol. The fourth-order valence-corrected chi connectivity index (χ4v) is 2.64. The second-order valence-corrected chi connectivity index (χ2v) is 5.41. The van der Waals surface area contributed by atoms with E-state index in [4.69, 9.17) is 23.1 Å². The van der Waals surface area contributed by atoms with Crippen LogP contribution in [0.4, 0.5) is 5.69 Å². The summed E-state index contributed by atoms with van der Waals surface area (Å²) in [5.41, 5.74) is 13.8. The second-order valence-electron chi connectivity index (χ2n) is 4.98. The van der Waals surface area contributed by atoms with E-state index in [-0.39, 0.29) is 12.1 Å². The van der Waals surface area contributed by atoms with Gasteiger partial charge in [-0.05, 0) is 23.8 Å². The maximum absolute atomic E-state index is 6.08.